The molecule has 45 heavy (non-hydrogen) atoms. The molecule has 1 aliphatic heterocycles. The van der Waals surface area contributed by atoms with Crippen LogP contribution in [-0.2, 0) is 9.53 Å². The summed E-state index contributed by atoms with van der Waals surface area (Å²) in [5, 5.41) is 11.7. The molecule has 6 rings (SSSR count). The van der Waals surface area contributed by atoms with Gasteiger partial charge in [-0.25, -0.2) is 14.2 Å². The maximum Gasteiger partial charge on any atom is 0.338 e. The normalized spacial score (nSPS) is 14.6. The third-order valence-corrected chi connectivity index (χ3v) is 8.11. The molecule has 2 aromatic heterocycles. The van der Waals surface area contributed by atoms with Crippen LogP contribution in [0, 0.1) is 15.9 Å². The molecule has 0 fully saturated rings. The lowest BCUT2D eigenvalue weighted by atomic mass is 9.93. The van der Waals surface area contributed by atoms with E-state index in [1.54, 1.807) is 37.3 Å². The zero-order chi connectivity index (χ0) is 31.7. The van der Waals surface area contributed by atoms with Gasteiger partial charge in [0.05, 0.1) is 52.1 Å². The fourth-order valence-corrected chi connectivity index (χ4v) is 6.08. The molecule has 0 radical (unpaired) electrons. The van der Waals surface area contributed by atoms with E-state index >= 15 is 0 Å². The molecule has 0 bridgehead atoms. The molecular formula is C33H24FN3O7S. The van der Waals surface area contributed by atoms with Crippen molar-refractivity contribution in [3.63, 3.8) is 0 Å². The van der Waals surface area contributed by atoms with Crippen LogP contribution >= 0.6 is 11.3 Å². The van der Waals surface area contributed by atoms with E-state index in [0.717, 1.165) is 11.3 Å². The van der Waals surface area contributed by atoms with Crippen molar-refractivity contribution in [2.24, 2.45) is 4.99 Å². The van der Waals surface area contributed by atoms with Crippen LogP contribution in [0.3, 0.4) is 0 Å². The van der Waals surface area contributed by atoms with Gasteiger partial charge in [-0.3, -0.25) is 19.5 Å². The summed E-state index contributed by atoms with van der Waals surface area (Å²) >= 11 is 1.09. The zero-order valence-corrected chi connectivity index (χ0v) is 24.7. The van der Waals surface area contributed by atoms with Gasteiger partial charge in [0.25, 0.3) is 11.2 Å². The van der Waals surface area contributed by atoms with Gasteiger partial charge < -0.3 is 13.9 Å². The summed E-state index contributed by atoms with van der Waals surface area (Å²) in [6.45, 7) is 1.78. The Bertz CT molecular complexity index is 2150. The third kappa shape index (κ3) is 5.58. The fraction of sp³-hybridized carbons (Fsp3) is 0.121. The molecule has 3 heterocycles. The lowest BCUT2D eigenvalue weighted by Gasteiger charge is -2.25. The molecule has 1 aliphatic rings. The van der Waals surface area contributed by atoms with Crippen LogP contribution in [0.2, 0.25) is 0 Å². The Kier molecular flexibility index (Phi) is 7.97. The number of ether oxygens (including phenoxy) is 2. The van der Waals surface area contributed by atoms with Gasteiger partial charge in [-0.2, -0.15) is 0 Å². The smallest absolute Gasteiger partial charge is 0.338 e. The van der Waals surface area contributed by atoms with Crippen molar-refractivity contribution in [3.05, 3.63) is 143 Å². The summed E-state index contributed by atoms with van der Waals surface area (Å²) in [6, 6.07) is 21.2. The highest BCUT2D eigenvalue weighted by Gasteiger charge is 2.35. The Morgan fingerprint density at radius 1 is 1.11 bits per heavy atom. The minimum atomic E-state index is -0.965. The van der Waals surface area contributed by atoms with E-state index in [0.29, 0.717) is 27.4 Å². The predicted molar refractivity (Wildman–Crippen MR) is 165 cm³/mol. The van der Waals surface area contributed by atoms with Crippen LogP contribution < -0.4 is 19.6 Å². The summed E-state index contributed by atoms with van der Waals surface area (Å²) in [6.07, 6.45) is 1.51. The minimum absolute atomic E-state index is 0.0954. The Morgan fingerprint density at radius 3 is 2.56 bits per heavy atom. The highest BCUT2D eigenvalue weighted by Crippen LogP contribution is 2.36. The van der Waals surface area contributed by atoms with Gasteiger partial charge in [0.1, 0.15) is 23.1 Å². The maximum atomic E-state index is 14.0. The van der Waals surface area contributed by atoms with Gasteiger partial charge >= 0.3 is 5.97 Å². The SMILES string of the molecule is CCOC(=O)C1=C(c2ccccc2)N=c2s/c(=C\c3ccc(-c4ccc(OC)cc4[N+](=O)[O-])o3)c(=O)n2[C@@H]1c1ccc(F)cc1. The number of hydrogen-bond acceptors (Lipinski definition) is 9. The summed E-state index contributed by atoms with van der Waals surface area (Å²) in [5.74, 6) is -0.302. The van der Waals surface area contributed by atoms with Crippen molar-refractivity contribution in [2.75, 3.05) is 13.7 Å². The second-order valence-corrected chi connectivity index (χ2v) is 10.8. The van der Waals surface area contributed by atoms with Crippen LogP contribution in [0.5, 0.6) is 5.75 Å². The van der Waals surface area contributed by atoms with Crippen LogP contribution in [0.15, 0.2) is 105 Å². The number of hydrogen-bond donors (Lipinski definition) is 0. The molecule has 0 spiro atoms. The molecule has 0 saturated heterocycles. The molecule has 0 aliphatic carbocycles. The van der Waals surface area contributed by atoms with Gasteiger partial charge in [0, 0.05) is 11.6 Å². The lowest BCUT2D eigenvalue weighted by Crippen LogP contribution is -2.40. The molecule has 3 aromatic carbocycles. The minimum Gasteiger partial charge on any atom is -0.497 e. The Labute approximate surface area is 258 Å². The second-order valence-electron chi connectivity index (χ2n) is 9.83. The zero-order valence-electron chi connectivity index (χ0n) is 23.9. The van der Waals surface area contributed by atoms with Crippen molar-refractivity contribution in [1.82, 2.24) is 4.57 Å². The summed E-state index contributed by atoms with van der Waals surface area (Å²) in [5.41, 5.74) is 1.18. The number of fused-ring (bicyclic) bond motifs is 1. The first-order chi connectivity index (χ1) is 21.8. The molecule has 5 aromatic rings. The van der Waals surface area contributed by atoms with Crippen LogP contribution in [-0.4, -0.2) is 29.2 Å². The van der Waals surface area contributed by atoms with Crippen molar-refractivity contribution in [1.29, 1.82) is 0 Å². The number of carbonyl (C=O) groups excluding carboxylic acids is 1. The molecule has 0 N–H and O–H groups in total. The number of nitro groups is 1. The van der Waals surface area contributed by atoms with Gasteiger partial charge in [-0.15, -0.1) is 0 Å². The van der Waals surface area contributed by atoms with E-state index in [9.17, 15) is 24.1 Å². The summed E-state index contributed by atoms with van der Waals surface area (Å²) < 4.78 is 32.1. The number of furan rings is 1. The average molecular weight is 626 g/mol. The van der Waals surface area contributed by atoms with Crippen LogP contribution in [0.1, 0.15) is 29.9 Å². The number of benzene rings is 3. The average Bonchev–Trinajstić information content (AvgIpc) is 3.64. The number of nitrogens with zero attached hydrogens (tertiary/aromatic N) is 3. The first-order valence-corrected chi connectivity index (χ1v) is 14.6. The monoisotopic (exact) mass is 625 g/mol. The maximum absolute atomic E-state index is 14.0. The topological polar surface area (TPSA) is 126 Å². The van der Waals surface area contributed by atoms with Crippen molar-refractivity contribution in [3.8, 4) is 17.1 Å². The summed E-state index contributed by atoms with van der Waals surface area (Å²) in [4.78, 5) is 43.8. The molecule has 1 atom stereocenters. The molecule has 0 amide bonds. The van der Waals surface area contributed by atoms with E-state index in [2.05, 4.69) is 0 Å². The Morgan fingerprint density at radius 2 is 1.87 bits per heavy atom. The number of nitro benzene ring substituents is 1. The van der Waals surface area contributed by atoms with Gasteiger partial charge in [0.15, 0.2) is 4.80 Å². The van der Waals surface area contributed by atoms with Crippen molar-refractivity contribution < 1.29 is 28.0 Å². The highest BCUT2D eigenvalue weighted by molar-refractivity contribution is 7.07. The number of methoxy groups -OCH3 is 1. The first-order valence-electron chi connectivity index (χ1n) is 13.8. The number of carbonyl (C=O) groups is 1. The predicted octanol–water partition coefficient (Wildman–Crippen LogP) is 5.25. The van der Waals surface area contributed by atoms with E-state index in [4.69, 9.17) is 18.9 Å². The molecule has 10 nitrogen and oxygen atoms in total. The largest absolute Gasteiger partial charge is 0.497 e. The van der Waals surface area contributed by atoms with Gasteiger partial charge in [0.2, 0.25) is 0 Å². The Hall–Kier alpha value is -5.62. The summed E-state index contributed by atoms with van der Waals surface area (Å²) in [7, 11) is 1.42. The lowest BCUT2D eigenvalue weighted by molar-refractivity contribution is -0.384. The van der Waals surface area contributed by atoms with Crippen LogP contribution in [0.25, 0.3) is 23.1 Å². The number of esters is 1. The Balaban J connectivity index is 1.53. The molecular weight excluding hydrogens is 601 g/mol. The number of thiazole rings is 1. The molecule has 0 unspecified atom stereocenters. The molecule has 12 heteroatoms. The highest BCUT2D eigenvalue weighted by atomic mass is 32.1. The van der Waals surface area contributed by atoms with Gasteiger partial charge in [-0.1, -0.05) is 53.8 Å². The van der Waals surface area contributed by atoms with Crippen LogP contribution in [0.4, 0.5) is 10.1 Å². The second kappa shape index (κ2) is 12.2. The first kappa shape index (κ1) is 29.5. The quantitative estimate of drug-likeness (QED) is 0.131. The number of aromatic nitrogens is 1. The van der Waals surface area contributed by atoms with Crippen molar-refractivity contribution in [2.45, 2.75) is 13.0 Å². The van der Waals surface area contributed by atoms with E-state index in [1.807, 2.05) is 18.2 Å². The molecule has 226 valence electrons. The molecule has 0 saturated carbocycles. The third-order valence-electron chi connectivity index (χ3n) is 7.13. The standard InChI is InChI=1S/C33H24FN3O7S/c1-3-43-32(39)28-29(19-7-5-4-6-8-19)35-33-36(30(28)20-9-11-21(34)12-10-20)31(38)27(45-33)18-23-14-16-26(44-23)24-15-13-22(42-2)17-25(24)37(40)41/h4-18,30H,3H2,1-2H3/b27-18-/t30-/m1/s1. The fourth-order valence-electron chi connectivity index (χ4n) is 5.10. The number of rotatable bonds is 8. The van der Waals surface area contributed by atoms with E-state index < -0.39 is 28.3 Å². The number of halogens is 1. The van der Waals surface area contributed by atoms with E-state index in [1.165, 1.54) is 54.2 Å². The van der Waals surface area contributed by atoms with Crippen molar-refractivity contribution >= 4 is 34.8 Å². The van der Waals surface area contributed by atoms with Gasteiger partial charge in [-0.05, 0) is 48.9 Å². The van der Waals surface area contributed by atoms with E-state index in [-0.39, 0.29) is 39.5 Å².